The summed E-state index contributed by atoms with van der Waals surface area (Å²) in [5.41, 5.74) is 1.84. The van der Waals surface area contributed by atoms with Gasteiger partial charge in [-0.25, -0.2) is 0 Å². The summed E-state index contributed by atoms with van der Waals surface area (Å²) in [6.45, 7) is 1.28. The van der Waals surface area contributed by atoms with E-state index >= 15 is 0 Å². The number of nitrogens with one attached hydrogen (secondary N) is 1. The Morgan fingerprint density at radius 1 is 0.810 bits per heavy atom. The van der Waals surface area contributed by atoms with Crippen molar-refractivity contribution < 1.29 is 0 Å². The maximum absolute atomic E-state index is 6.14. The fourth-order valence-corrected chi connectivity index (χ4v) is 3.08. The number of hydrogen-bond acceptors (Lipinski definition) is 1. The monoisotopic (exact) mass is 381 g/mol. The second-order valence-electron chi connectivity index (χ2n) is 4.48. The predicted octanol–water partition coefficient (Wildman–Crippen LogP) is 6.29. The van der Waals surface area contributed by atoms with E-state index in [9.17, 15) is 0 Å². The zero-order valence-corrected chi connectivity index (χ0v) is 14.7. The van der Waals surface area contributed by atoms with E-state index in [2.05, 4.69) is 5.32 Å². The second kappa shape index (κ2) is 7.92. The maximum Gasteiger partial charge on any atom is 0.0652 e. The van der Waals surface area contributed by atoms with Gasteiger partial charge in [-0.1, -0.05) is 64.1 Å². The lowest BCUT2D eigenvalue weighted by atomic mass is 10.1. The first-order chi connectivity index (χ1) is 9.99. The van der Waals surface area contributed by atoms with Crippen LogP contribution in [0.1, 0.15) is 11.1 Å². The molecule has 2 aromatic rings. The van der Waals surface area contributed by atoms with E-state index in [1.165, 1.54) is 0 Å². The smallest absolute Gasteiger partial charge is 0.0652 e. The molecule has 0 atom stereocenters. The standard InChI is InChI=1S/C15H12Cl5N/c16-10-2-1-9(14(19)7-10)5-6-21-8-11-12(17)3-4-13(18)15(11)20/h1-4,7,21H,5-6,8H2. The Bertz CT molecular complexity index is 642. The number of benzene rings is 2. The van der Waals surface area contributed by atoms with Crippen LogP contribution in [0.2, 0.25) is 25.1 Å². The van der Waals surface area contributed by atoms with Crippen LogP contribution in [0.15, 0.2) is 30.3 Å². The number of rotatable bonds is 5. The van der Waals surface area contributed by atoms with E-state index in [4.69, 9.17) is 58.0 Å². The van der Waals surface area contributed by atoms with Crippen LogP contribution in [0, 0.1) is 0 Å². The molecule has 112 valence electrons. The molecule has 0 aliphatic rings. The van der Waals surface area contributed by atoms with Gasteiger partial charge in [-0.15, -0.1) is 0 Å². The van der Waals surface area contributed by atoms with Crippen LogP contribution in [-0.4, -0.2) is 6.54 Å². The molecule has 0 bridgehead atoms. The third-order valence-corrected chi connectivity index (χ3v) is 4.81. The molecule has 21 heavy (non-hydrogen) atoms. The molecule has 0 heterocycles. The van der Waals surface area contributed by atoms with Crippen LogP contribution >= 0.6 is 58.0 Å². The van der Waals surface area contributed by atoms with Crippen molar-refractivity contribution in [3.8, 4) is 0 Å². The van der Waals surface area contributed by atoms with Crippen molar-refractivity contribution in [2.45, 2.75) is 13.0 Å². The fourth-order valence-electron chi connectivity index (χ4n) is 1.89. The van der Waals surface area contributed by atoms with Gasteiger partial charge in [-0.05, 0) is 42.8 Å². The molecule has 0 aromatic heterocycles. The summed E-state index contributed by atoms with van der Waals surface area (Å²) >= 11 is 30.2. The Morgan fingerprint density at radius 2 is 1.52 bits per heavy atom. The zero-order chi connectivity index (χ0) is 15.4. The lowest BCUT2D eigenvalue weighted by Crippen LogP contribution is -2.17. The molecule has 1 N–H and O–H groups in total. The molecule has 1 nitrogen and oxygen atoms in total. The molecule has 0 amide bonds. The molecule has 2 rings (SSSR count). The van der Waals surface area contributed by atoms with Crippen LogP contribution in [-0.2, 0) is 13.0 Å². The third-order valence-electron chi connectivity index (χ3n) is 3.03. The highest BCUT2D eigenvalue weighted by Gasteiger charge is 2.09. The topological polar surface area (TPSA) is 12.0 Å². The van der Waals surface area contributed by atoms with Crippen LogP contribution in [0.3, 0.4) is 0 Å². The van der Waals surface area contributed by atoms with Gasteiger partial charge < -0.3 is 5.32 Å². The summed E-state index contributed by atoms with van der Waals surface area (Å²) in [6.07, 6.45) is 0.784. The molecule has 0 aliphatic heterocycles. The second-order valence-corrected chi connectivity index (χ2v) is 6.52. The molecule has 2 aromatic carbocycles. The van der Waals surface area contributed by atoms with E-state index < -0.39 is 0 Å². The van der Waals surface area contributed by atoms with Gasteiger partial charge in [0.05, 0.1) is 10.0 Å². The molecule has 0 aliphatic carbocycles. The lowest BCUT2D eigenvalue weighted by molar-refractivity contribution is 0.687. The van der Waals surface area contributed by atoms with Crippen molar-refractivity contribution in [3.05, 3.63) is 66.6 Å². The van der Waals surface area contributed by atoms with Crippen molar-refractivity contribution >= 4 is 58.0 Å². The molecular weight excluding hydrogens is 371 g/mol. The van der Waals surface area contributed by atoms with E-state index in [1.807, 2.05) is 12.1 Å². The van der Waals surface area contributed by atoms with E-state index in [0.717, 1.165) is 24.1 Å². The summed E-state index contributed by atoms with van der Waals surface area (Å²) < 4.78 is 0. The fraction of sp³-hybridized carbons (Fsp3) is 0.200. The minimum absolute atomic E-state index is 0.487. The van der Waals surface area contributed by atoms with E-state index in [-0.39, 0.29) is 0 Å². The molecule has 0 saturated carbocycles. The average Bonchev–Trinajstić information content (AvgIpc) is 2.44. The Labute approximate surface area is 149 Å². The van der Waals surface area contributed by atoms with Gasteiger partial charge in [-0.2, -0.15) is 0 Å². The highest BCUT2D eigenvalue weighted by atomic mass is 35.5. The minimum Gasteiger partial charge on any atom is -0.312 e. The van der Waals surface area contributed by atoms with Gasteiger partial charge in [0.25, 0.3) is 0 Å². The predicted molar refractivity (Wildman–Crippen MR) is 93.3 cm³/mol. The van der Waals surface area contributed by atoms with Gasteiger partial charge in [-0.3, -0.25) is 0 Å². The highest BCUT2D eigenvalue weighted by Crippen LogP contribution is 2.31. The van der Waals surface area contributed by atoms with Gasteiger partial charge in [0.2, 0.25) is 0 Å². The van der Waals surface area contributed by atoms with Crippen molar-refractivity contribution in [1.82, 2.24) is 5.32 Å². The molecule has 0 radical (unpaired) electrons. The van der Waals surface area contributed by atoms with Crippen LogP contribution in [0.25, 0.3) is 0 Å². The van der Waals surface area contributed by atoms with Crippen molar-refractivity contribution in [2.75, 3.05) is 6.54 Å². The summed E-state index contributed by atoms with van der Waals surface area (Å²) in [7, 11) is 0. The largest absolute Gasteiger partial charge is 0.312 e. The first-order valence-electron chi connectivity index (χ1n) is 6.26. The van der Waals surface area contributed by atoms with Gasteiger partial charge >= 0.3 is 0 Å². The number of hydrogen-bond donors (Lipinski definition) is 1. The Morgan fingerprint density at radius 3 is 2.24 bits per heavy atom. The Kier molecular flexibility index (Phi) is 6.49. The molecular formula is C15H12Cl5N. The molecule has 0 unspecified atom stereocenters. The molecule has 0 spiro atoms. The first kappa shape index (κ1) is 17.2. The molecule has 0 fully saturated rings. The SMILES string of the molecule is Clc1ccc(CCNCc2c(Cl)ccc(Cl)c2Cl)c(Cl)c1. The third kappa shape index (κ3) is 4.66. The summed E-state index contributed by atoms with van der Waals surface area (Å²) in [4.78, 5) is 0. The minimum atomic E-state index is 0.487. The van der Waals surface area contributed by atoms with Gasteiger partial charge in [0.15, 0.2) is 0 Å². The highest BCUT2D eigenvalue weighted by molar-refractivity contribution is 6.44. The van der Waals surface area contributed by atoms with Gasteiger partial charge in [0, 0.05) is 27.2 Å². The van der Waals surface area contributed by atoms with Crippen LogP contribution in [0.4, 0.5) is 0 Å². The van der Waals surface area contributed by atoms with Crippen molar-refractivity contribution in [2.24, 2.45) is 0 Å². The number of halogens is 5. The van der Waals surface area contributed by atoms with E-state index in [1.54, 1.807) is 18.2 Å². The molecule has 0 saturated heterocycles. The first-order valence-corrected chi connectivity index (χ1v) is 8.15. The van der Waals surface area contributed by atoms with Gasteiger partial charge in [0.1, 0.15) is 0 Å². The van der Waals surface area contributed by atoms with Crippen molar-refractivity contribution in [1.29, 1.82) is 0 Å². The normalized spacial score (nSPS) is 10.9. The van der Waals surface area contributed by atoms with E-state index in [0.29, 0.717) is 31.7 Å². The summed E-state index contributed by atoms with van der Waals surface area (Å²) in [5, 5.41) is 6.17. The average molecular weight is 384 g/mol. The maximum atomic E-state index is 6.14. The summed E-state index contributed by atoms with van der Waals surface area (Å²) in [6, 6.07) is 8.91. The Balaban J connectivity index is 1.92. The zero-order valence-electron chi connectivity index (χ0n) is 10.9. The summed E-state index contributed by atoms with van der Waals surface area (Å²) in [5.74, 6) is 0. The molecule has 6 heteroatoms. The quantitative estimate of drug-likeness (QED) is 0.473. The van der Waals surface area contributed by atoms with Crippen LogP contribution in [0.5, 0.6) is 0 Å². The lowest BCUT2D eigenvalue weighted by Gasteiger charge is -2.10. The Hall–Kier alpha value is -0.150. The van der Waals surface area contributed by atoms with Crippen molar-refractivity contribution in [3.63, 3.8) is 0 Å². The van der Waals surface area contributed by atoms with Crippen LogP contribution < -0.4 is 5.32 Å².